The molecule has 2 N–H and O–H groups in total. The number of H-pyrrole nitrogens is 2. The summed E-state index contributed by atoms with van der Waals surface area (Å²) >= 11 is 0. The number of aromatic amines is 2. The number of ether oxygens (including phenoxy) is 2. The van der Waals surface area contributed by atoms with Crippen LogP contribution < -0.4 is 9.47 Å². The molecule has 5 rings (SSSR count). The van der Waals surface area contributed by atoms with Crippen LogP contribution in [0.1, 0.15) is 0 Å². The van der Waals surface area contributed by atoms with Crippen molar-refractivity contribution in [3.05, 3.63) is 97.6 Å². The van der Waals surface area contributed by atoms with Gasteiger partial charge >= 0.3 is 0 Å². The number of nitrogens with one attached hydrogen (secondary N) is 2. The SMILES string of the molecule is COc1ccc(-c2nc(-c3ccc(OC)cc3)c(-c3ccccc3)[nH]2)cc1.c1c[nH]cn1. The molecule has 6 nitrogen and oxygen atoms in total. The fourth-order valence-corrected chi connectivity index (χ4v) is 3.25. The van der Waals surface area contributed by atoms with Crippen molar-refractivity contribution < 1.29 is 9.47 Å². The fraction of sp³-hybridized carbons (Fsp3) is 0.0769. The molecule has 5 aromatic rings. The van der Waals surface area contributed by atoms with Crippen LogP contribution in [0.4, 0.5) is 0 Å². The summed E-state index contributed by atoms with van der Waals surface area (Å²) in [7, 11) is 3.33. The maximum absolute atomic E-state index is 5.28. The van der Waals surface area contributed by atoms with Crippen LogP contribution in [0.3, 0.4) is 0 Å². The third-order valence-corrected chi connectivity index (χ3v) is 4.90. The number of aromatic nitrogens is 4. The Hall–Kier alpha value is -4.32. The summed E-state index contributed by atoms with van der Waals surface area (Å²) in [6.07, 6.45) is 5.08. The van der Waals surface area contributed by atoms with Gasteiger partial charge in [0, 0.05) is 29.1 Å². The molecule has 6 heteroatoms. The van der Waals surface area contributed by atoms with Crippen molar-refractivity contribution in [1.82, 2.24) is 19.9 Å². The number of benzene rings is 3. The first-order chi connectivity index (χ1) is 15.8. The van der Waals surface area contributed by atoms with Gasteiger partial charge in [-0.15, -0.1) is 0 Å². The predicted molar refractivity (Wildman–Crippen MR) is 127 cm³/mol. The van der Waals surface area contributed by atoms with Gasteiger partial charge in [0.1, 0.15) is 17.3 Å². The molecule has 3 aromatic carbocycles. The first-order valence-corrected chi connectivity index (χ1v) is 10.2. The van der Waals surface area contributed by atoms with E-state index < -0.39 is 0 Å². The van der Waals surface area contributed by atoms with E-state index >= 15 is 0 Å². The zero-order chi connectivity index (χ0) is 22.2. The van der Waals surface area contributed by atoms with Gasteiger partial charge in [0.2, 0.25) is 0 Å². The molecule has 0 saturated carbocycles. The summed E-state index contributed by atoms with van der Waals surface area (Å²) in [5.41, 5.74) is 5.04. The van der Waals surface area contributed by atoms with Crippen molar-refractivity contribution in [2.75, 3.05) is 14.2 Å². The van der Waals surface area contributed by atoms with E-state index in [4.69, 9.17) is 14.5 Å². The average molecular weight is 425 g/mol. The van der Waals surface area contributed by atoms with Gasteiger partial charge in [0.25, 0.3) is 0 Å². The van der Waals surface area contributed by atoms with Crippen LogP contribution in [0.15, 0.2) is 97.6 Å². The molecule has 0 bridgehead atoms. The van der Waals surface area contributed by atoms with Gasteiger partial charge < -0.3 is 19.4 Å². The zero-order valence-corrected chi connectivity index (χ0v) is 17.9. The minimum atomic E-state index is 0.822. The summed E-state index contributed by atoms with van der Waals surface area (Å²) < 4.78 is 10.5. The summed E-state index contributed by atoms with van der Waals surface area (Å²) in [5, 5.41) is 0. The highest BCUT2D eigenvalue weighted by atomic mass is 16.5. The summed E-state index contributed by atoms with van der Waals surface area (Å²) in [5.74, 6) is 2.47. The molecular formula is C26H24N4O2. The van der Waals surface area contributed by atoms with Crippen LogP contribution in [0.5, 0.6) is 11.5 Å². The number of methoxy groups -OCH3 is 2. The average Bonchev–Trinajstić information content (AvgIpc) is 3.59. The molecule has 0 amide bonds. The molecule has 0 saturated heterocycles. The normalized spacial score (nSPS) is 10.2. The topological polar surface area (TPSA) is 75.8 Å². The summed E-state index contributed by atoms with van der Waals surface area (Å²) in [6, 6.07) is 26.1. The molecule has 0 radical (unpaired) electrons. The van der Waals surface area contributed by atoms with E-state index in [9.17, 15) is 0 Å². The largest absolute Gasteiger partial charge is 0.497 e. The van der Waals surface area contributed by atoms with Gasteiger partial charge in [0.15, 0.2) is 0 Å². The maximum atomic E-state index is 5.28. The van der Waals surface area contributed by atoms with Crippen molar-refractivity contribution in [2.45, 2.75) is 0 Å². The second kappa shape index (κ2) is 10.1. The molecule has 32 heavy (non-hydrogen) atoms. The highest BCUT2D eigenvalue weighted by Crippen LogP contribution is 2.34. The van der Waals surface area contributed by atoms with E-state index in [0.29, 0.717) is 0 Å². The predicted octanol–water partition coefficient (Wildman–Crippen LogP) is 5.84. The van der Waals surface area contributed by atoms with Crippen LogP contribution in [0, 0.1) is 0 Å². The molecule has 0 aliphatic heterocycles. The third kappa shape index (κ3) is 4.87. The number of nitrogens with zero attached hydrogens (tertiary/aromatic N) is 2. The van der Waals surface area contributed by atoms with E-state index in [2.05, 4.69) is 27.1 Å². The van der Waals surface area contributed by atoms with Gasteiger partial charge in [-0.1, -0.05) is 30.3 Å². The lowest BCUT2D eigenvalue weighted by Gasteiger charge is -2.04. The molecule has 0 aliphatic rings. The Balaban J connectivity index is 0.000000433. The van der Waals surface area contributed by atoms with Crippen molar-refractivity contribution >= 4 is 0 Å². The standard InChI is InChI=1S/C23H20N2O2.C3H4N2/c1-26-19-12-8-17(9-13-19)22-21(16-6-4-3-5-7-16)24-23(25-22)18-10-14-20(27-2)15-11-18;1-2-5-3-4-1/h3-15H,1-2H3,(H,24,25);1-3H,(H,4,5). The highest BCUT2D eigenvalue weighted by molar-refractivity contribution is 5.81. The first kappa shape index (κ1) is 20.9. The molecular weight excluding hydrogens is 400 g/mol. The maximum Gasteiger partial charge on any atom is 0.138 e. The van der Waals surface area contributed by atoms with Gasteiger partial charge in [-0.2, -0.15) is 0 Å². The minimum Gasteiger partial charge on any atom is -0.497 e. The highest BCUT2D eigenvalue weighted by Gasteiger charge is 2.15. The Kier molecular flexibility index (Phi) is 6.63. The van der Waals surface area contributed by atoms with Gasteiger partial charge in [-0.05, 0) is 48.5 Å². The Morgan fingerprint density at radius 1 is 0.688 bits per heavy atom. The lowest BCUT2D eigenvalue weighted by atomic mass is 10.1. The lowest BCUT2D eigenvalue weighted by Crippen LogP contribution is -1.85. The molecule has 0 unspecified atom stereocenters. The Morgan fingerprint density at radius 3 is 1.81 bits per heavy atom. The van der Waals surface area contributed by atoms with E-state index in [0.717, 1.165) is 45.4 Å². The van der Waals surface area contributed by atoms with Crippen molar-refractivity contribution in [3.8, 4) is 45.4 Å². The molecule has 2 heterocycles. The second-order valence-corrected chi connectivity index (χ2v) is 6.89. The second-order valence-electron chi connectivity index (χ2n) is 6.89. The number of imidazole rings is 2. The Morgan fingerprint density at radius 2 is 1.31 bits per heavy atom. The Labute approximate surface area is 186 Å². The molecule has 2 aromatic heterocycles. The van der Waals surface area contributed by atoms with Crippen LogP contribution in [-0.4, -0.2) is 34.2 Å². The molecule has 0 spiro atoms. The van der Waals surface area contributed by atoms with Crippen LogP contribution in [0.25, 0.3) is 33.9 Å². The number of hydrogen-bond donors (Lipinski definition) is 2. The van der Waals surface area contributed by atoms with E-state index in [-0.39, 0.29) is 0 Å². The first-order valence-electron chi connectivity index (χ1n) is 10.2. The molecule has 0 aliphatic carbocycles. The molecule has 0 atom stereocenters. The van der Waals surface area contributed by atoms with Gasteiger partial charge in [-0.25, -0.2) is 9.97 Å². The fourth-order valence-electron chi connectivity index (χ4n) is 3.25. The van der Waals surface area contributed by atoms with Crippen LogP contribution >= 0.6 is 0 Å². The van der Waals surface area contributed by atoms with E-state index in [1.54, 1.807) is 32.9 Å². The monoisotopic (exact) mass is 424 g/mol. The van der Waals surface area contributed by atoms with Crippen LogP contribution in [0.2, 0.25) is 0 Å². The van der Waals surface area contributed by atoms with E-state index in [1.807, 2.05) is 66.7 Å². The lowest BCUT2D eigenvalue weighted by molar-refractivity contribution is 0.415. The summed E-state index contributed by atoms with van der Waals surface area (Å²) in [4.78, 5) is 14.8. The summed E-state index contributed by atoms with van der Waals surface area (Å²) in [6.45, 7) is 0. The molecule has 0 fully saturated rings. The third-order valence-electron chi connectivity index (χ3n) is 4.90. The number of rotatable bonds is 5. The smallest absolute Gasteiger partial charge is 0.138 e. The van der Waals surface area contributed by atoms with Gasteiger partial charge in [-0.3, -0.25) is 0 Å². The van der Waals surface area contributed by atoms with Crippen molar-refractivity contribution in [2.24, 2.45) is 0 Å². The van der Waals surface area contributed by atoms with Crippen LogP contribution in [-0.2, 0) is 0 Å². The Bertz CT molecular complexity index is 1200. The quantitative estimate of drug-likeness (QED) is 0.372. The molecule has 160 valence electrons. The number of hydrogen-bond acceptors (Lipinski definition) is 4. The van der Waals surface area contributed by atoms with E-state index in [1.165, 1.54) is 0 Å². The van der Waals surface area contributed by atoms with Gasteiger partial charge in [0.05, 0.1) is 31.9 Å². The zero-order valence-electron chi connectivity index (χ0n) is 17.9. The van der Waals surface area contributed by atoms with Crippen molar-refractivity contribution in [3.63, 3.8) is 0 Å². The van der Waals surface area contributed by atoms with Crippen molar-refractivity contribution in [1.29, 1.82) is 0 Å². The minimum absolute atomic E-state index is 0.822.